The van der Waals surface area contributed by atoms with Crippen molar-refractivity contribution in [1.29, 1.82) is 0 Å². The van der Waals surface area contributed by atoms with E-state index >= 15 is 0 Å². The van der Waals surface area contributed by atoms with E-state index in [1.165, 1.54) is 148 Å². The van der Waals surface area contributed by atoms with E-state index in [2.05, 4.69) is 38.2 Å². The number of carbonyl (C=O) groups is 3. The molecule has 0 aliphatic carbocycles. The number of aliphatic hydroxyl groups excluding tert-OH is 2. The molecule has 290 valence electrons. The summed E-state index contributed by atoms with van der Waals surface area (Å²) in [6, 6.07) is 0. The van der Waals surface area contributed by atoms with Crippen molar-refractivity contribution in [3.8, 4) is 0 Å². The van der Waals surface area contributed by atoms with Crippen LogP contribution in [0.3, 0.4) is 0 Å². The van der Waals surface area contributed by atoms with Crippen molar-refractivity contribution >= 4 is 17.9 Å². The van der Waals surface area contributed by atoms with Gasteiger partial charge in [-0.15, -0.1) is 0 Å². The lowest BCUT2D eigenvalue weighted by Gasteiger charge is -2.17. The van der Waals surface area contributed by atoms with E-state index < -0.39 is 36.5 Å². The van der Waals surface area contributed by atoms with Gasteiger partial charge in [-0.2, -0.15) is 0 Å². The normalized spacial score (nSPS) is 11.3. The Balaban J connectivity index is -0.000000695. The highest BCUT2D eigenvalue weighted by atomic mass is 16.4. The van der Waals surface area contributed by atoms with Gasteiger partial charge in [-0.3, -0.25) is 14.4 Å². The van der Waals surface area contributed by atoms with Gasteiger partial charge in [-0.05, 0) is 71.1 Å². The average molecular weight is 699 g/mol. The van der Waals surface area contributed by atoms with Crippen molar-refractivity contribution in [3.05, 3.63) is 24.3 Å². The zero-order valence-electron chi connectivity index (χ0n) is 32.0. The molecule has 0 saturated heterocycles. The zero-order valence-corrected chi connectivity index (χ0v) is 32.0. The molecular formula is C41H78O8. The lowest BCUT2D eigenvalue weighted by molar-refractivity contribution is -0.153. The molecule has 0 amide bonds. The molecule has 0 aromatic heterocycles. The lowest BCUT2D eigenvalue weighted by atomic mass is 9.94. The summed E-state index contributed by atoms with van der Waals surface area (Å²) < 4.78 is 0. The summed E-state index contributed by atoms with van der Waals surface area (Å²) in [6.07, 6.45) is 42.5. The van der Waals surface area contributed by atoms with Crippen LogP contribution in [0.2, 0.25) is 0 Å². The molecule has 8 nitrogen and oxygen atoms in total. The first kappa shape index (κ1) is 51.2. The highest BCUT2D eigenvalue weighted by molar-refractivity contribution is 5.74. The van der Waals surface area contributed by atoms with Crippen LogP contribution in [0, 0.1) is 5.41 Å². The SMILES string of the molecule is CC(CO)(CO)C(=O)O.CCCCCCCCC=CCCCCCCCC(=O)O.CCCCCCCCC=CCCCCCCCC(=O)O. The summed E-state index contributed by atoms with van der Waals surface area (Å²) in [4.78, 5) is 30.8. The highest BCUT2D eigenvalue weighted by Gasteiger charge is 2.31. The maximum absolute atomic E-state index is 10.3. The molecule has 0 heterocycles. The molecule has 0 saturated carbocycles. The summed E-state index contributed by atoms with van der Waals surface area (Å²) >= 11 is 0. The third-order valence-electron chi connectivity index (χ3n) is 8.52. The molecule has 0 radical (unpaired) electrons. The molecule has 0 unspecified atom stereocenters. The first-order valence-corrected chi connectivity index (χ1v) is 19.8. The number of unbranched alkanes of at least 4 members (excludes halogenated alkanes) is 22. The Morgan fingerprint density at radius 3 is 0.878 bits per heavy atom. The van der Waals surface area contributed by atoms with E-state index in [0.29, 0.717) is 12.8 Å². The molecule has 0 atom stereocenters. The van der Waals surface area contributed by atoms with Crippen molar-refractivity contribution in [2.75, 3.05) is 13.2 Å². The Morgan fingerprint density at radius 1 is 0.429 bits per heavy atom. The van der Waals surface area contributed by atoms with Crippen LogP contribution in [0.25, 0.3) is 0 Å². The second-order valence-corrected chi connectivity index (χ2v) is 13.6. The van der Waals surface area contributed by atoms with Crippen molar-refractivity contribution in [2.24, 2.45) is 5.41 Å². The summed E-state index contributed by atoms with van der Waals surface area (Å²) in [7, 11) is 0. The summed E-state index contributed by atoms with van der Waals surface area (Å²) in [5.41, 5.74) is -1.39. The Labute approximate surface area is 300 Å². The van der Waals surface area contributed by atoms with Gasteiger partial charge in [0.25, 0.3) is 0 Å². The summed E-state index contributed by atoms with van der Waals surface area (Å²) in [5.74, 6) is -2.52. The topological polar surface area (TPSA) is 152 Å². The predicted molar refractivity (Wildman–Crippen MR) is 204 cm³/mol. The maximum atomic E-state index is 10.3. The third-order valence-corrected chi connectivity index (χ3v) is 8.52. The molecule has 0 fully saturated rings. The molecule has 0 bridgehead atoms. The fraction of sp³-hybridized carbons (Fsp3) is 0.829. The average Bonchev–Trinajstić information content (AvgIpc) is 3.08. The fourth-order valence-electron chi connectivity index (χ4n) is 4.88. The minimum Gasteiger partial charge on any atom is -0.481 e. The Morgan fingerprint density at radius 2 is 0.673 bits per heavy atom. The maximum Gasteiger partial charge on any atom is 0.314 e. The first-order valence-electron chi connectivity index (χ1n) is 19.8. The van der Waals surface area contributed by atoms with Gasteiger partial charge in [-0.1, -0.05) is 141 Å². The van der Waals surface area contributed by atoms with E-state index in [-0.39, 0.29) is 0 Å². The fourth-order valence-corrected chi connectivity index (χ4v) is 4.88. The van der Waals surface area contributed by atoms with Gasteiger partial charge in [-0.25, -0.2) is 0 Å². The lowest BCUT2D eigenvalue weighted by Crippen LogP contribution is -2.35. The van der Waals surface area contributed by atoms with Crippen LogP contribution in [0.4, 0.5) is 0 Å². The molecule has 8 heteroatoms. The molecule has 49 heavy (non-hydrogen) atoms. The minimum absolute atomic E-state index is 0.332. The Hall–Kier alpha value is -2.19. The van der Waals surface area contributed by atoms with Gasteiger partial charge in [0.15, 0.2) is 0 Å². The molecule has 0 aromatic rings. The molecule has 0 aliphatic rings. The van der Waals surface area contributed by atoms with Gasteiger partial charge >= 0.3 is 17.9 Å². The van der Waals surface area contributed by atoms with Crippen LogP contribution in [0.1, 0.15) is 201 Å². The van der Waals surface area contributed by atoms with Gasteiger partial charge in [0.2, 0.25) is 0 Å². The quantitative estimate of drug-likeness (QED) is 0.0335. The molecule has 0 aliphatic heterocycles. The smallest absolute Gasteiger partial charge is 0.314 e. The number of aliphatic carboxylic acids is 3. The highest BCUT2D eigenvalue weighted by Crippen LogP contribution is 2.13. The van der Waals surface area contributed by atoms with Crippen LogP contribution in [-0.2, 0) is 14.4 Å². The molecule has 0 rings (SSSR count). The predicted octanol–water partition coefficient (Wildman–Crippen LogP) is 11.3. The van der Waals surface area contributed by atoms with E-state index in [4.69, 9.17) is 25.5 Å². The van der Waals surface area contributed by atoms with Gasteiger partial charge in [0, 0.05) is 12.8 Å². The van der Waals surface area contributed by atoms with Crippen LogP contribution in [0.15, 0.2) is 24.3 Å². The zero-order chi connectivity index (χ0) is 37.3. The van der Waals surface area contributed by atoms with Crippen molar-refractivity contribution in [1.82, 2.24) is 0 Å². The third kappa shape index (κ3) is 45.8. The molecular weight excluding hydrogens is 620 g/mol. The summed E-state index contributed by atoms with van der Waals surface area (Å²) in [6.45, 7) is 4.71. The van der Waals surface area contributed by atoms with Gasteiger partial charge in [0.1, 0.15) is 5.41 Å². The number of carboxylic acid groups (broad SMARTS) is 3. The van der Waals surface area contributed by atoms with Crippen LogP contribution in [0.5, 0.6) is 0 Å². The minimum atomic E-state index is -1.39. The number of allylic oxidation sites excluding steroid dienone is 4. The van der Waals surface area contributed by atoms with Crippen LogP contribution >= 0.6 is 0 Å². The summed E-state index contributed by atoms with van der Waals surface area (Å²) in [5, 5.41) is 42.2. The number of hydrogen-bond donors (Lipinski definition) is 5. The number of carboxylic acids is 3. The second kappa shape index (κ2) is 42.0. The van der Waals surface area contributed by atoms with Gasteiger partial charge in [0.05, 0.1) is 13.2 Å². The molecule has 5 N–H and O–H groups in total. The Bertz CT molecular complexity index is 723. The number of rotatable bonds is 33. The van der Waals surface area contributed by atoms with Crippen molar-refractivity contribution in [3.63, 3.8) is 0 Å². The first-order chi connectivity index (χ1) is 23.6. The van der Waals surface area contributed by atoms with Crippen LogP contribution in [-0.4, -0.2) is 56.7 Å². The monoisotopic (exact) mass is 699 g/mol. The number of hydrogen-bond acceptors (Lipinski definition) is 5. The largest absolute Gasteiger partial charge is 0.481 e. The standard InChI is InChI=1S/2C18H34O2.C5H10O4/c2*1-2-3-4-5-6-7-8-9-10-11-12-13-14-15-16-17-18(19)20;1-5(2-6,3-7)4(8)9/h2*9-10H,2-8,11-17H2,1H3,(H,19,20);6-7H,2-3H2,1H3,(H,8,9). The Kier molecular flexibility index (Phi) is 43.8. The van der Waals surface area contributed by atoms with E-state index in [1.807, 2.05) is 0 Å². The van der Waals surface area contributed by atoms with E-state index in [9.17, 15) is 14.4 Å². The second-order valence-electron chi connectivity index (χ2n) is 13.6. The van der Waals surface area contributed by atoms with Crippen molar-refractivity contribution in [2.45, 2.75) is 201 Å². The van der Waals surface area contributed by atoms with Gasteiger partial charge < -0.3 is 25.5 Å². The van der Waals surface area contributed by atoms with Crippen molar-refractivity contribution < 1.29 is 39.9 Å². The molecule has 0 spiro atoms. The van der Waals surface area contributed by atoms with Crippen LogP contribution < -0.4 is 0 Å². The van der Waals surface area contributed by atoms with E-state index in [0.717, 1.165) is 25.7 Å². The molecule has 0 aromatic carbocycles. The van der Waals surface area contributed by atoms with E-state index in [1.54, 1.807) is 0 Å². The number of aliphatic hydroxyl groups is 2.